The van der Waals surface area contributed by atoms with Crippen LogP contribution in [0.3, 0.4) is 0 Å². The van der Waals surface area contributed by atoms with Gasteiger partial charge < -0.3 is 15.2 Å². The summed E-state index contributed by atoms with van der Waals surface area (Å²) in [5.74, 6) is -0.414. The van der Waals surface area contributed by atoms with Gasteiger partial charge in [-0.3, -0.25) is 9.59 Å². The van der Waals surface area contributed by atoms with Gasteiger partial charge in [-0.2, -0.15) is 0 Å². The van der Waals surface area contributed by atoms with Crippen LogP contribution in [0.4, 0.5) is 5.69 Å². The summed E-state index contributed by atoms with van der Waals surface area (Å²) < 4.78 is 5.56. The fourth-order valence-electron chi connectivity index (χ4n) is 2.17. The number of carboxylic acid groups (broad SMARTS) is 1. The van der Waals surface area contributed by atoms with Crippen molar-refractivity contribution < 1.29 is 19.4 Å². The van der Waals surface area contributed by atoms with Crippen molar-refractivity contribution in [3.63, 3.8) is 0 Å². The Morgan fingerprint density at radius 3 is 2.54 bits per heavy atom. The first kappa shape index (κ1) is 17.5. The van der Waals surface area contributed by atoms with Gasteiger partial charge in [0, 0.05) is 11.3 Å². The zero-order valence-electron chi connectivity index (χ0n) is 13.6. The highest BCUT2D eigenvalue weighted by atomic mass is 16.5. The number of carbonyl (C=O) groups is 2. The van der Waals surface area contributed by atoms with Crippen LogP contribution >= 0.6 is 0 Å². The molecule has 2 N–H and O–H groups in total. The molecule has 1 amide bonds. The Hall–Kier alpha value is -2.82. The number of carboxylic acids is 1. The molecule has 126 valence electrons. The number of carbonyl (C=O) groups excluding carboxylic acids is 1. The summed E-state index contributed by atoms with van der Waals surface area (Å²) in [6, 6.07) is 13.8. The van der Waals surface area contributed by atoms with E-state index >= 15 is 0 Å². The summed E-state index contributed by atoms with van der Waals surface area (Å²) in [7, 11) is 0. The summed E-state index contributed by atoms with van der Waals surface area (Å²) >= 11 is 0. The normalized spacial score (nSPS) is 10.2. The molecule has 0 aliphatic rings. The molecule has 0 aromatic heterocycles. The zero-order valence-corrected chi connectivity index (χ0v) is 13.6. The van der Waals surface area contributed by atoms with Crippen LogP contribution in [-0.2, 0) is 11.2 Å². The highest BCUT2D eigenvalue weighted by Crippen LogP contribution is 2.16. The molecule has 0 unspecified atom stereocenters. The highest BCUT2D eigenvalue weighted by molar-refractivity contribution is 6.04. The van der Waals surface area contributed by atoms with Gasteiger partial charge >= 0.3 is 5.97 Å². The Morgan fingerprint density at radius 1 is 1.12 bits per heavy atom. The van der Waals surface area contributed by atoms with Crippen molar-refractivity contribution in [1.29, 1.82) is 0 Å². The molecular weight excluding hydrogens is 306 g/mol. The van der Waals surface area contributed by atoms with Crippen LogP contribution in [0.25, 0.3) is 0 Å². The number of unbranched alkanes of at least 4 members (excludes halogenated alkanes) is 1. The number of ether oxygens (including phenoxy) is 1. The van der Waals surface area contributed by atoms with E-state index < -0.39 is 5.97 Å². The number of benzene rings is 2. The third kappa shape index (κ3) is 5.43. The fraction of sp³-hybridized carbons (Fsp3) is 0.263. The maximum atomic E-state index is 12.3. The van der Waals surface area contributed by atoms with E-state index in [1.807, 2.05) is 0 Å². The van der Waals surface area contributed by atoms with Gasteiger partial charge in [0.05, 0.1) is 13.0 Å². The molecule has 24 heavy (non-hydrogen) atoms. The molecule has 0 saturated heterocycles. The summed E-state index contributed by atoms with van der Waals surface area (Å²) in [5, 5.41) is 11.6. The number of rotatable bonds is 8. The van der Waals surface area contributed by atoms with Gasteiger partial charge in [-0.05, 0) is 48.4 Å². The number of hydrogen-bond donors (Lipinski definition) is 2. The van der Waals surface area contributed by atoms with Gasteiger partial charge in [-0.1, -0.05) is 25.5 Å². The minimum atomic E-state index is -0.905. The molecule has 0 spiro atoms. The predicted octanol–water partition coefficient (Wildman–Crippen LogP) is 3.74. The Labute approximate surface area is 141 Å². The summed E-state index contributed by atoms with van der Waals surface area (Å²) in [4.78, 5) is 23.0. The number of anilines is 1. The van der Waals surface area contributed by atoms with E-state index in [-0.39, 0.29) is 12.3 Å². The van der Waals surface area contributed by atoms with Crippen LogP contribution in [0.15, 0.2) is 48.5 Å². The Kier molecular flexibility index (Phi) is 6.37. The summed E-state index contributed by atoms with van der Waals surface area (Å²) in [5.41, 5.74) is 1.73. The molecule has 0 atom stereocenters. The molecule has 2 aromatic rings. The van der Waals surface area contributed by atoms with Crippen molar-refractivity contribution in [3.05, 3.63) is 59.7 Å². The summed E-state index contributed by atoms with van der Waals surface area (Å²) in [6.45, 7) is 2.76. The van der Waals surface area contributed by atoms with Crippen molar-refractivity contribution in [2.45, 2.75) is 26.2 Å². The molecule has 0 radical (unpaired) electrons. The third-order valence-electron chi connectivity index (χ3n) is 3.42. The van der Waals surface area contributed by atoms with Gasteiger partial charge in [0.1, 0.15) is 5.75 Å². The quantitative estimate of drug-likeness (QED) is 0.724. The minimum Gasteiger partial charge on any atom is -0.494 e. The lowest BCUT2D eigenvalue weighted by atomic mass is 10.1. The van der Waals surface area contributed by atoms with Crippen LogP contribution in [0, 0.1) is 0 Å². The van der Waals surface area contributed by atoms with Gasteiger partial charge in [0.2, 0.25) is 0 Å². The number of hydrogen-bond acceptors (Lipinski definition) is 3. The second-order valence-corrected chi connectivity index (χ2v) is 5.45. The summed E-state index contributed by atoms with van der Waals surface area (Å²) in [6.07, 6.45) is 1.99. The lowest BCUT2D eigenvalue weighted by Gasteiger charge is -2.08. The molecule has 2 aromatic carbocycles. The van der Waals surface area contributed by atoms with Crippen molar-refractivity contribution in [1.82, 2.24) is 0 Å². The second-order valence-electron chi connectivity index (χ2n) is 5.45. The minimum absolute atomic E-state index is 0.0759. The third-order valence-corrected chi connectivity index (χ3v) is 3.42. The van der Waals surface area contributed by atoms with Crippen LogP contribution < -0.4 is 10.1 Å². The number of nitrogens with one attached hydrogen (secondary N) is 1. The first-order valence-electron chi connectivity index (χ1n) is 7.93. The molecule has 0 fully saturated rings. The van der Waals surface area contributed by atoms with Crippen LogP contribution in [-0.4, -0.2) is 23.6 Å². The Balaban J connectivity index is 1.98. The van der Waals surface area contributed by atoms with E-state index in [1.165, 1.54) is 0 Å². The standard InChI is InChI=1S/C19H21NO4/c1-2-3-11-24-17-9-7-15(8-10-17)19(23)20-16-6-4-5-14(12-16)13-18(21)22/h4-10,12H,2-3,11,13H2,1H3,(H,20,23)(H,21,22). The molecule has 0 aliphatic carbocycles. The monoisotopic (exact) mass is 327 g/mol. The highest BCUT2D eigenvalue weighted by Gasteiger charge is 2.08. The second kappa shape index (κ2) is 8.72. The van der Waals surface area contributed by atoms with E-state index in [0.717, 1.165) is 18.6 Å². The van der Waals surface area contributed by atoms with Crippen molar-refractivity contribution in [2.24, 2.45) is 0 Å². The zero-order chi connectivity index (χ0) is 17.4. The predicted molar refractivity (Wildman–Crippen MR) is 92.6 cm³/mol. The number of aliphatic carboxylic acids is 1. The lowest BCUT2D eigenvalue weighted by Crippen LogP contribution is -2.12. The number of amides is 1. The molecule has 0 bridgehead atoms. The average molecular weight is 327 g/mol. The Bertz CT molecular complexity index is 695. The maximum absolute atomic E-state index is 12.3. The van der Waals surface area contributed by atoms with Crippen molar-refractivity contribution in [3.8, 4) is 5.75 Å². The van der Waals surface area contributed by atoms with E-state index in [2.05, 4.69) is 12.2 Å². The first-order chi connectivity index (χ1) is 11.6. The van der Waals surface area contributed by atoms with Crippen LogP contribution in [0.1, 0.15) is 35.7 Å². The molecule has 0 saturated carbocycles. The van der Waals surface area contributed by atoms with Crippen molar-refractivity contribution >= 4 is 17.6 Å². The smallest absolute Gasteiger partial charge is 0.307 e. The van der Waals surface area contributed by atoms with Crippen LogP contribution in [0.5, 0.6) is 5.75 Å². The van der Waals surface area contributed by atoms with Gasteiger partial charge in [-0.25, -0.2) is 0 Å². The average Bonchev–Trinajstić information content (AvgIpc) is 2.55. The molecular formula is C19H21NO4. The largest absolute Gasteiger partial charge is 0.494 e. The lowest BCUT2D eigenvalue weighted by molar-refractivity contribution is -0.136. The van der Waals surface area contributed by atoms with E-state index in [9.17, 15) is 9.59 Å². The van der Waals surface area contributed by atoms with Crippen molar-refractivity contribution in [2.75, 3.05) is 11.9 Å². The molecule has 5 nitrogen and oxygen atoms in total. The van der Waals surface area contributed by atoms with E-state index in [1.54, 1.807) is 48.5 Å². The Morgan fingerprint density at radius 2 is 1.88 bits per heavy atom. The fourth-order valence-corrected chi connectivity index (χ4v) is 2.17. The SMILES string of the molecule is CCCCOc1ccc(C(=O)Nc2cccc(CC(=O)O)c2)cc1. The van der Waals surface area contributed by atoms with E-state index in [0.29, 0.717) is 23.4 Å². The van der Waals surface area contributed by atoms with E-state index in [4.69, 9.17) is 9.84 Å². The molecule has 0 aliphatic heterocycles. The van der Waals surface area contributed by atoms with Gasteiger partial charge in [-0.15, -0.1) is 0 Å². The van der Waals surface area contributed by atoms with Gasteiger partial charge in [0.25, 0.3) is 5.91 Å². The molecule has 5 heteroatoms. The first-order valence-corrected chi connectivity index (χ1v) is 7.93. The molecule has 0 heterocycles. The topological polar surface area (TPSA) is 75.6 Å². The maximum Gasteiger partial charge on any atom is 0.307 e. The van der Waals surface area contributed by atoms with Gasteiger partial charge in [0.15, 0.2) is 0 Å². The van der Waals surface area contributed by atoms with Crippen LogP contribution in [0.2, 0.25) is 0 Å². The molecule has 2 rings (SSSR count).